The van der Waals surface area contributed by atoms with Crippen LogP contribution in [0.25, 0.3) is 10.8 Å². The Hall–Kier alpha value is -3.12. The number of aromatic nitrogens is 2. The zero-order valence-electron chi connectivity index (χ0n) is 14.8. The lowest BCUT2D eigenvalue weighted by atomic mass is 10.1. The highest BCUT2D eigenvalue weighted by Crippen LogP contribution is 2.21. The number of fused-ring (bicyclic) bond motifs is 1. The van der Waals surface area contributed by atoms with Crippen LogP contribution in [0.3, 0.4) is 0 Å². The first-order valence-corrected chi connectivity index (χ1v) is 10.1. The van der Waals surface area contributed by atoms with Crippen molar-refractivity contribution in [3.8, 4) is 0 Å². The number of benzene rings is 3. The van der Waals surface area contributed by atoms with E-state index in [1.54, 1.807) is 35.1 Å². The quantitative estimate of drug-likeness (QED) is 0.567. The zero-order valence-corrected chi connectivity index (χ0v) is 15.6. The van der Waals surface area contributed by atoms with Gasteiger partial charge >= 0.3 is 0 Å². The fourth-order valence-corrected chi connectivity index (χ4v) is 4.03. The van der Waals surface area contributed by atoms with Gasteiger partial charge in [0.1, 0.15) is 0 Å². The Kier molecular flexibility index (Phi) is 4.41. The van der Waals surface area contributed by atoms with E-state index in [2.05, 4.69) is 9.82 Å². The van der Waals surface area contributed by atoms with Crippen molar-refractivity contribution in [2.75, 3.05) is 4.72 Å². The molecule has 3 aromatic carbocycles. The summed E-state index contributed by atoms with van der Waals surface area (Å²) >= 11 is 0. The van der Waals surface area contributed by atoms with Crippen molar-refractivity contribution in [1.82, 2.24) is 9.78 Å². The van der Waals surface area contributed by atoms with Crippen LogP contribution in [0.2, 0.25) is 0 Å². The predicted octanol–water partition coefficient (Wildman–Crippen LogP) is 4.19. The standard InChI is InChI=1S/C21H19N3O2S/c1-16-6-2-3-9-19(16)15-24-13-12-21(22-24)23-27(25,26)20-11-10-17-7-4-5-8-18(17)14-20/h2-14H,15H2,1H3,(H,22,23). The number of nitrogens with zero attached hydrogens (tertiary/aromatic N) is 2. The molecule has 5 nitrogen and oxygen atoms in total. The summed E-state index contributed by atoms with van der Waals surface area (Å²) in [6.07, 6.45) is 1.77. The molecule has 0 atom stereocenters. The number of anilines is 1. The monoisotopic (exact) mass is 377 g/mol. The fourth-order valence-electron chi connectivity index (χ4n) is 3.00. The van der Waals surface area contributed by atoms with Crippen LogP contribution >= 0.6 is 0 Å². The van der Waals surface area contributed by atoms with Gasteiger partial charge in [0.2, 0.25) is 0 Å². The van der Waals surface area contributed by atoms with Crippen LogP contribution < -0.4 is 4.72 Å². The second kappa shape index (κ2) is 6.89. The average Bonchev–Trinajstić information content (AvgIpc) is 3.09. The van der Waals surface area contributed by atoms with Crippen LogP contribution in [0.5, 0.6) is 0 Å². The second-order valence-corrected chi connectivity index (χ2v) is 8.12. The highest BCUT2D eigenvalue weighted by atomic mass is 32.2. The molecule has 1 aromatic heterocycles. The molecule has 0 bridgehead atoms. The molecule has 0 saturated carbocycles. The molecule has 4 aromatic rings. The van der Waals surface area contributed by atoms with Crippen molar-refractivity contribution in [3.05, 3.63) is 90.1 Å². The number of rotatable bonds is 5. The van der Waals surface area contributed by atoms with E-state index in [1.807, 2.05) is 55.5 Å². The summed E-state index contributed by atoms with van der Waals surface area (Å²) in [5.41, 5.74) is 2.32. The minimum Gasteiger partial charge on any atom is -0.266 e. The lowest BCUT2D eigenvalue weighted by Gasteiger charge is -2.07. The van der Waals surface area contributed by atoms with E-state index in [-0.39, 0.29) is 4.90 Å². The number of nitrogens with one attached hydrogen (secondary N) is 1. The second-order valence-electron chi connectivity index (χ2n) is 6.44. The summed E-state index contributed by atoms with van der Waals surface area (Å²) in [6, 6.07) is 22.5. The normalized spacial score (nSPS) is 11.6. The van der Waals surface area contributed by atoms with Crippen molar-refractivity contribution in [2.24, 2.45) is 0 Å². The fraction of sp³-hybridized carbons (Fsp3) is 0.0952. The molecule has 0 spiro atoms. The van der Waals surface area contributed by atoms with E-state index in [0.717, 1.165) is 16.3 Å². The van der Waals surface area contributed by atoms with Gasteiger partial charge in [0, 0.05) is 12.3 Å². The molecule has 0 amide bonds. The SMILES string of the molecule is Cc1ccccc1Cn1ccc(NS(=O)(=O)c2ccc3ccccc3c2)n1. The molecule has 0 fully saturated rings. The Bertz CT molecular complexity index is 1210. The van der Waals surface area contributed by atoms with Crippen molar-refractivity contribution in [3.63, 3.8) is 0 Å². The Morgan fingerprint density at radius 2 is 1.67 bits per heavy atom. The van der Waals surface area contributed by atoms with Crippen LogP contribution in [0.1, 0.15) is 11.1 Å². The number of hydrogen-bond donors (Lipinski definition) is 1. The molecule has 6 heteroatoms. The summed E-state index contributed by atoms with van der Waals surface area (Å²) in [4.78, 5) is 0.217. The maximum atomic E-state index is 12.7. The summed E-state index contributed by atoms with van der Waals surface area (Å²) in [6.45, 7) is 2.63. The van der Waals surface area contributed by atoms with Crippen LogP contribution in [-0.2, 0) is 16.6 Å². The van der Waals surface area contributed by atoms with Crippen molar-refractivity contribution in [1.29, 1.82) is 0 Å². The van der Waals surface area contributed by atoms with Crippen molar-refractivity contribution < 1.29 is 8.42 Å². The van der Waals surface area contributed by atoms with E-state index in [9.17, 15) is 8.42 Å². The molecule has 0 unspecified atom stereocenters. The van der Waals surface area contributed by atoms with Crippen LogP contribution in [0.15, 0.2) is 83.9 Å². The molecule has 27 heavy (non-hydrogen) atoms. The first kappa shape index (κ1) is 17.3. The molecule has 0 radical (unpaired) electrons. The Balaban J connectivity index is 1.56. The smallest absolute Gasteiger partial charge is 0.263 e. The van der Waals surface area contributed by atoms with Crippen LogP contribution in [-0.4, -0.2) is 18.2 Å². The first-order chi connectivity index (χ1) is 13.0. The summed E-state index contributed by atoms with van der Waals surface area (Å²) in [7, 11) is -3.70. The maximum absolute atomic E-state index is 12.7. The molecule has 4 rings (SSSR count). The van der Waals surface area contributed by atoms with Crippen LogP contribution in [0.4, 0.5) is 5.82 Å². The van der Waals surface area contributed by atoms with Gasteiger partial charge < -0.3 is 0 Å². The van der Waals surface area contributed by atoms with Gasteiger partial charge in [-0.25, -0.2) is 8.42 Å². The topological polar surface area (TPSA) is 64.0 Å². The van der Waals surface area contributed by atoms with E-state index >= 15 is 0 Å². The average molecular weight is 377 g/mol. The van der Waals surface area contributed by atoms with Crippen molar-refractivity contribution in [2.45, 2.75) is 18.4 Å². The first-order valence-electron chi connectivity index (χ1n) is 8.61. The van der Waals surface area contributed by atoms with Crippen LogP contribution in [0, 0.1) is 6.92 Å². The molecular weight excluding hydrogens is 358 g/mol. The van der Waals surface area contributed by atoms with Gasteiger partial charge in [-0.2, -0.15) is 5.10 Å². The lowest BCUT2D eigenvalue weighted by Crippen LogP contribution is -2.14. The Morgan fingerprint density at radius 3 is 2.48 bits per heavy atom. The third kappa shape index (κ3) is 3.71. The van der Waals surface area contributed by atoms with E-state index in [1.165, 1.54) is 5.56 Å². The molecule has 0 aliphatic carbocycles. The third-order valence-electron chi connectivity index (χ3n) is 4.50. The zero-order chi connectivity index (χ0) is 18.9. The summed E-state index contributed by atoms with van der Waals surface area (Å²) in [5, 5.41) is 6.23. The van der Waals surface area contributed by atoms with Crippen molar-refractivity contribution >= 4 is 26.6 Å². The molecule has 0 saturated heterocycles. The summed E-state index contributed by atoms with van der Waals surface area (Å²) < 4.78 is 29.7. The number of hydrogen-bond acceptors (Lipinski definition) is 3. The van der Waals surface area contributed by atoms with Gasteiger partial charge in [-0.15, -0.1) is 0 Å². The van der Waals surface area contributed by atoms with E-state index in [4.69, 9.17) is 0 Å². The van der Waals surface area contributed by atoms with Gasteiger partial charge in [0.25, 0.3) is 10.0 Å². The van der Waals surface area contributed by atoms with E-state index in [0.29, 0.717) is 12.4 Å². The minimum atomic E-state index is -3.70. The Labute approximate surface area is 158 Å². The van der Waals surface area contributed by atoms with Gasteiger partial charge in [0.15, 0.2) is 5.82 Å². The highest BCUT2D eigenvalue weighted by molar-refractivity contribution is 7.92. The molecular formula is C21H19N3O2S. The lowest BCUT2D eigenvalue weighted by molar-refractivity contribution is 0.600. The maximum Gasteiger partial charge on any atom is 0.263 e. The highest BCUT2D eigenvalue weighted by Gasteiger charge is 2.16. The minimum absolute atomic E-state index is 0.217. The van der Waals surface area contributed by atoms with Gasteiger partial charge in [-0.3, -0.25) is 9.40 Å². The van der Waals surface area contributed by atoms with Gasteiger partial charge in [-0.1, -0.05) is 54.6 Å². The molecule has 0 aliphatic heterocycles. The number of sulfonamides is 1. The van der Waals surface area contributed by atoms with E-state index < -0.39 is 10.0 Å². The number of aryl methyl sites for hydroxylation is 1. The predicted molar refractivity (Wildman–Crippen MR) is 107 cm³/mol. The third-order valence-corrected chi connectivity index (χ3v) is 5.86. The largest absolute Gasteiger partial charge is 0.266 e. The molecule has 1 heterocycles. The Morgan fingerprint density at radius 1 is 0.926 bits per heavy atom. The molecule has 0 aliphatic rings. The van der Waals surface area contributed by atoms with Gasteiger partial charge in [-0.05, 0) is 41.0 Å². The molecule has 1 N–H and O–H groups in total. The molecule has 136 valence electrons. The van der Waals surface area contributed by atoms with Gasteiger partial charge in [0.05, 0.1) is 11.4 Å². The summed E-state index contributed by atoms with van der Waals surface area (Å²) in [5.74, 6) is 0.303.